The first kappa shape index (κ1) is 22.5. The van der Waals surface area contributed by atoms with E-state index in [2.05, 4.69) is 10.2 Å². The summed E-state index contributed by atoms with van der Waals surface area (Å²) in [5, 5.41) is 13.8. The number of hydrogen-bond acceptors (Lipinski definition) is 6. The summed E-state index contributed by atoms with van der Waals surface area (Å²) in [4.78, 5) is 25.6. The lowest BCUT2D eigenvalue weighted by Crippen LogP contribution is -2.45. The van der Waals surface area contributed by atoms with Crippen molar-refractivity contribution in [3.63, 3.8) is 0 Å². The van der Waals surface area contributed by atoms with Gasteiger partial charge in [0.25, 0.3) is 5.69 Å². The van der Waals surface area contributed by atoms with E-state index in [-0.39, 0.29) is 11.4 Å². The molecule has 1 saturated heterocycles. The zero-order chi connectivity index (χ0) is 22.6. The highest BCUT2D eigenvalue weighted by molar-refractivity contribution is 7.92. The number of piperidine rings is 1. The third-order valence-electron chi connectivity index (χ3n) is 5.24. The molecule has 1 N–H and O–H groups in total. The normalized spacial score (nSPS) is 15.2. The van der Waals surface area contributed by atoms with Crippen molar-refractivity contribution in [2.24, 2.45) is 0 Å². The Hall–Kier alpha value is -3.14. The molecule has 166 valence electrons. The Bertz CT molecular complexity index is 1050. The predicted octanol–water partition coefficient (Wildman–Crippen LogP) is 3.38. The lowest BCUT2D eigenvalue weighted by atomic mass is 10.1. The number of benzene rings is 2. The summed E-state index contributed by atoms with van der Waals surface area (Å²) in [5.41, 5.74) is 1.43. The zero-order valence-corrected chi connectivity index (χ0v) is 18.3. The molecule has 0 spiro atoms. The lowest BCUT2D eigenvalue weighted by Gasteiger charge is -2.29. The number of nitrogens with one attached hydrogen (secondary N) is 1. The second-order valence-corrected chi connectivity index (χ2v) is 9.46. The first-order valence-electron chi connectivity index (χ1n) is 10.1. The number of nitro groups is 1. The number of nitro benzene ring substituents is 1. The number of non-ortho nitro benzene ring substituents is 1. The van der Waals surface area contributed by atoms with Gasteiger partial charge in [0.05, 0.1) is 16.9 Å². The number of amides is 1. The minimum Gasteiger partial charge on any atom is -0.372 e. The molecule has 0 saturated carbocycles. The Labute approximate surface area is 181 Å². The summed E-state index contributed by atoms with van der Waals surface area (Å²) in [6.45, 7) is 3.46. The summed E-state index contributed by atoms with van der Waals surface area (Å²) in [6.07, 6.45) is 4.52. The summed E-state index contributed by atoms with van der Waals surface area (Å²) in [5.74, 6) is -0.539. The van der Waals surface area contributed by atoms with E-state index in [4.69, 9.17) is 0 Å². The Morgan fingerprint density at radius 3 is 2.35 bits per heavy atom. The summed E-state index contributed by atoms with van der Waals surface area (Å²) in [6, 6.07) is 11.5. The van der Waals surface area contributed by atoms with Crippen molar-refractivity contribution >= 4 is 38.7 Å². The van der Waals surface area contributed by atoms with Crippen molar-refractivity contribution in [1.82, 2.24) is 0 Å². The Kier molecular flexibility index (Phi) is 6.79. The van der Waals surface area contributed by atoms with E-state index in [0.717, 1.165) is 48.2 Å². The van der Waals surface area contributed by atoms with Gasteiger partial charge >= 0.3 is 0 Å². The molecule has 1 fully saturated rings. The molecule has 0 aliphatic carbocycles. The molecule has 2 aromatic rings. The van der Waals surface area contributed by atoms with Gasteiger partial charge in [-0.05, 0) is 56.5 Å². The van der Waals surface area contributed by atoms with Gasteiger partial charge in [-0.2, -0.15) is 0 Å². The van der Waals surface area contributed by atoms with E-state index in [1.165, 1.54) is 31.5 Å². The number of carbonyl (C=O) groups excluding carboxylic acids is 1. The van der Waals surface area contributed by atoms with Crippen molar-refractivity contribution < 1.29 is 18.1 Å². The molecule has 0 unspecified atom stereocenters. The topological polar surface area (TPSA) is 113 Å². The van der Waals surface area contributed by atoms with E-state index in [1.807, 2.05) is 12.1 Å². The highest BCUT2D eigenvalue weighted by atomic mass is 32.2. The Morgan fingerprint density at radius 2 is 1.77 bits per heavy atom. The van der Waals surface area contributed by atoms with Crippen LogP contribution in [0.4, 0.5) is 22.7 Å². The highest BCUT2D eigenvalue weighted by Crippen LogP contribution is 2.26. The van der Waals surface area contributed by atoms with E-state index < -0.39 is 26.9 Å². The standard InChI is InChI=1S/C21H26N4O5S/c1-16(24(31(2,29)30)19-7-6-8-20(15-19)25(27)28)21(26)22-17-9-11-18(12-10-17)23-13-4-3-5-14-23/h6-12,15-16H,3-5,13-14H2,1-2H3,(H,22,26)/t16-/m0/s1. The van der Waals surface area contributed by atoms with Crippen LogP contribution in [-0.2, 0) is 14.8 Å². The molecule has 3 rings (SSSR count). The van der Waals surface area contributed by atoms with E-state index in [0.29, 0.717) is 5.69 Å². The molecule has 1 heterocycles. The maximum atomic E-state index is 12.8. The monoisotopic (exact) mass is 446 g/mol. The van der Waals surface area contributed by atoms with Crippen molar-refractivity contribution in [2.45, 2.75) is 32.2 Å². The second kappa shape index (κ2) is 9.34. The van der Waals surface area contributed by atoms with E-state index in [9.17, 15) is 23.3 Å². The number of rotatable bonds is 7. The molecule has 1 aliphatic rings. The zero-order valence-electron chi connectivity index (χ0n) is 17.5. The smallest absolute Gasteiger partial charge is 0.271 e. The van der Waals surface area contributed by atoms with Crippen LogP contribution in [-0.4, -0.2) is 44.6 Å². The largest absolute Gasteiger partial charge is 0.372 e. The first-order chi connectivity index (χ1) is 14.7. The Morgan fingerprint density at radius 1 is 1.13 bits per heavy atom. The van der Waals surface area contributed by atoms with Crippen LogP contribution in [0.25, 0.3) is 0 Å². The minimum atomic E-state index is -3.87. The average molecular weight is 447 g/mol. The summed E-state index contributed by atoms with van der Waals surface area (Å²) in [7, 11) is -3.87. The van der Waals surface area contributed by atoms with Crippen LogP contribution in [0, 0.1) is 10.1 Å². The number of carbonyl (C=O) groups is 1. The van der Waals surface area contributed by atoms with Crippen molar-refractivity contribution in [1.29, 1.82) is 0 Å². The van der Waals surface area contributed by atoms with Crippen LogP contribution < -0.4 is 14.5 Å². The Balaban J connectivity index is 1.77. The molecular weight excluding hydrogens is 420 g/mol. The van der Waals surface area contributed by atoms with Gasteiger partial charge in [0.1, 0.15) is 6.04 Å². The number of sulfonamides is 1. The third kappa shape index (κ3) is 5.52. The fourth-order valence-corrected chi connectivity index (χ4v) is 4.87. The quantitative estimate of drug-likeness (QED) is 0.515. The van der Waals surface area contributed by atoms with Gasteiger partial charge in [-0.3, -0.25) is 19.2 Å². The van der Waals surface area contributed by atoms with Gasteiger partial charge in [-0.1, -0.05) is 6.07 Å². The lowest BCUT2D eigenvalue weighted by molar-refractivity contribution is -0.384. The number of anilines is 3. The van der Waals surface area contributed by atoms with Crippen molar-refractivity contribution in [3.8, 4) is 0 Å². The molecule has 31 heavy (non-hydrogen) atoms. The third-order valence-corrected chi connectivity index (χ3v) is 6.48. The molecule has 0 aromatic heterocycles. The van der Waals surface area contributed by atoms with Crippen LogP contribution >= 0.6 is 0 Å². The van der Waals surface area contributed by atoms with Gasteiger partial charge < -0.3 is 10.2 Å². The molecule has 1 atom stereocenters. The van der Waals surface area contributed by atoms with Gasteiger partial charge in [0, 0.05) is 36.6 Å². The van der Waals surface area contributed by atoms with Crippen LogP contribution in [0.5, 0.6) is 0 Å². The van der Waals surface area contributed by atoms with Crippen molar-refractivity contribution in [2.75, 3.05) is 33.9 Å². The predicted molar refractivity (Wildman–Crippen MR) is 121 cm³/mol. The molecule has 0 radical (unpaired) electrons. The van der Waals surface area contributed by atoms with E-state index >= 15 is 0 Å². The van der Waals surface area contributed by atoms with Crippen LogP contribution in [0.1, 0.15) is 26.2 Å². The first-order valence-corrected chi connectivity index (χ1v) is 11.9. The summed E-state index contributed by atoms with van der Waals surface area (Å²) < 4.78 is 25.7. The molecule has 0 bridgehead atoms. The number of nitrogens with zero attached hydrogens (tertiary/aromatic N) is 3. The fraction of sp³-hybridized carbons (Fsp3) is 0.381. The molecule has 1 aliphatic heterocycles. The number of hydrogen-bond donors (Lipinski definition) is 1. The summed E-state index contributed by atoms with van der Waals surface area (Å²) >= 11 is 0. The molecule has 9 nitrogen and oxygen atoms in total. The van der Waals surface area contributed by atoms with Crippen LogP contribution in [0.15, 0.2) is 48.5 Å². The maximum absolute atomic E-state index is 12.8. The second-order valence-electron chi connectivity index (χ2n) is 7.60. The SMILES string of the molecule is C[C@@H](C(=O)Nc1ccc(N2CCCCC2)cc1)N(c1cccc([N+](=O)[O-])c1)S(C)(=O)=O. The molecule has 10 heteroatoms. The van der Waals surface area contributed by atoms with Crippen LogP contribution in [0.3, 0.4) is 0 Å². The van der Waals surface area contributed by atoms with Crippen LogP contribution in [0.2, 0.25) is 0 Å². The molecule has 2 aromatic carbocycles. The molecular formula is C21H26N4O5S. The van der Waals surface area contributed by atoms with Crippen molar-refractivity contribution in [3.05, 3.63) is 58.6 Å². The van der Waals surface area contributed by atoms with Gasteiger partial charge in [-0.15, -0.1) is 0 Å². The highest BCUT2D eigenvalue weighted by Gasteiger charge is 2.30. The van der Waals surface area contributed by atoms with Gasteiger partial charge in [0.2, 0.25) is 15.9 Å². The average Bonchev–Trinajstić information content (AvgIpc) is 2.74. The minimum absolute atomic E-state index is 0.0554. The fourth-order valence-electron chi connectivity index (χ4n) is 3.71. The maximum Gasteiger partial charge on any atom is 0.271 e. The molecule has 1 amide bonds. The van der Waals surface area contributed by atoms with E-state index in [1.54, 1.807) is 12.1 Å². The van der Waals surface area contributed by atoms with Gasteiger partial charge in [0.15, 0.2) is 0 Å². The van der Waals surface area contributed by atoms with Gasteiger partial charge in [-0.25, -0.2) is 8.42 Å².